The Morgan fingerprint density at radius 3 is 2.62 bits per heavy atom. The van der Waals surface area contributed by atoms with Crippen LogP contribution in [0.2, 0.25) is 0 Å². The van der Waals surface area contributed by atoms with E-state index >= 15 is 0 Å². The lowest BCUT2D eigenvalue weighted by Crippen LogP contribution is -2.62. The molecule has 5 rings (SSSR count). The number of ether oxygens (including phenoxy) is 2. The molecule has 3 aliphatic heterocycles. The topological polar surface area (TPSA) is 79.5 Å². The van der Waals surface area contributed by atoms with Crippen LogP contribution in [-0.4, -0.2) is 53.1 Å². The van der Waals surface area contributed by atoms with Gasteiger partial charge in [0, 0.05) is 17.6 Å². The molecule has 0 unspecified atom stereocenters. The summed E-state index contributed by atoms with van der Waals surface area (Å²) in [5, 5.41) is 3.24. The third-order valence-electron chi connectivity index (χ3n) is 5.54. The highest BCUT2D eigenvalue weighted by Crippen LogP contribution is 2.32. The molecule has 0 spiro atoms. The van der Waals surface area contributed by atoms with Crippen LogP contribution >= 0.6 is 0 Å². The standard InChI is InChI=1S/C19H24N4O3/c1-12-17(13-7-9-23(12)10-8-13)22-18(24)14-3-5-15(6-4-14)26-16-11-20-19(21-16)25-2/h3-6,11-13,17H,7-10H2,1-2H3,(H,20,21)(H,22,24)/t12-,17-/m0/s1. The molecule has 0 radical (unpaired) electrons. The first kappa shape index (κ1) is 16.9. The number of carbonyl (C=O) groups excluding carboxylic acids is 1. The van der Waals surface area contributed by atoms with Crippen LogP contribution in [0.4, 0.5) is 0 Å². The quantitative estimate of drug-likeness (QED) is 0.860. The number of imidazole rings is 1. The van der Waals surface area contributed by atoms with E-state index in [1.165, 1.54) is 20.0 Å². The predicted molar refractivity (Wildman–Crippen MR) is 96.7 cm³/mol. The third kappa shape index (κ3) is 3.26. The number of aromatic amines is 1. The number of piperidine rings is 3. The van der Waals surface area contributed by atoms with Crippen molar-refractivity contribution in [2.75, 3.05) is 20.2 Å². The second-order valence-electron chi connectivity index (χ2n) is 7.00. The molecule has 3 fully saturated rings. The summed E-state index contributed by atoms with van der Waals surface area (Å²) in [6, 6.07) is 8.16. The zero-order chi connectivity index (χ0) is 18.1. The maximum Gasteiger partial charge on any atom is 0.296 e. The van der Waals surface area contributed by atoms with Gasteiger partial charge in [0.15, 0.2) is 0 Å². The summed E-state index contributed by atoms with van der Waals surface area (Å²) in [6.07, 6.45) is 3.90. The number of H-pyrrole nitrogens is 1. The summed E-state index contributed by atoms with van der Waals surface area (Å²) in [7, 11) is 1.53. The van der Waals surface area contributed by atoms with Gasteiger partial charge >= 0.3 is 0 Å². The molecule has 0 aliphatic carbocycles. The third-order valence-corrected chi connectivity index (χ3v) is 5.54. The van der Waals surface area contributed by atoms with Crippen molar-refractivity contribution in [3.63, 3.8) is 0 Å². The lowest BCUT2D eigenvalue weighted by Gasteiger charge is -2.49. The van der Waals surface area contributed by atoms with Gasteiger partial charge in [0.1, 0.15) is 5.75 Å². The first-order valence-corrected chi connectivity index (χ1v) is 9.06. The fourth-order valence-electron chi connectivity index (χ4n) is 4.02. The summed E-state index contributed by atoms with van der Waals surface area (Å²) in [4.78, 5) is 22.0. The first-order chi connectivity index (χ1) is 12.6. The van der Waals surface area contributed by atoms with E-state index in [4.69, 9.17) is 9.47 Å². The normalized spacial score (nSPS) is 27.2. The minimum Gasteiger partial charge on any atom is -0.468 e. The van der Waals surface area contributed by atoms with Gasteiger partial charge in [0.2, 0.25) is 5.88 Å². The number of fused-ring (bicyclic) bond motifs is 3. The van der Waals surface area contributed by atoms with Crippen LogP contribution in [-0.2, 0) is 0 Å². The summed E-state index contributed by atoms with van der Waals surface area (Å²) in [5.74, 6) is 1.69. The Kier molecular flexibility index (Phi) is 4.55. The Bertz CT molecular complexity index is 763. The van der Waals surface area contributed by atoms with Gasteiger partial charge in [-0.25, -0.2) is 0 Å². The van der Waals surface area contributed by atoms with Gasteiger partial charge in [-0.1, -0.05) is 0 Å². The number of carbonyl (C=O) groups is 1. The zero-order valence-corrected chi connectivity index (χ0v) is 15.1. The monoisotopic (exact) mass is 356 g/mol. The number of benzene rings is 1. The van der Waals surface area contributed by atoms with Crippen LogP contribution in [0.3, 0.4) is 0 Å². The predicted octanol–water partition coefficient (Wildman–Crippen LogP) is 2.42. The lowest BCUT2D eigenvalue weighted by atomic mass is 9.79. The fourth-order valence-corrected chi connectivity index (χ4v) is 4.02. The number of rotatable bonds is 5. The van der Waals surface area contributed by atoms with Crippen LogP contribution in [0.25, 0.3) is 0 Å². The summed E-state index contributed by atoms with van der Waals surface area (Å²) in [6.45, 7) is 4.52. The van der Waals surface area contributed by atoms with Crippen molar-refractivity contribution in [3.05, 3.63) is 36.0 Å². The van der Waals surface area contributed by atoms with Crippen molar-refractivity contribution < 1.29 is 14.3 Å². The van der Waals surface area contributed by atoms with Gasteiger partial charge in [0.05, 0.1) is 13.3 Å². The molecule has 3 aliphatic rings. The van der Waals surface area contributed by atoms with Crippen LogP contribution in [0.15, 0.2) is 30.5 Å². The number of hydrogen-bond donors (Lipinski definition) is 2. The highest BCUT2D eigenvalue weighted by Gasteiger charge is 2.40. The average Bonchev–Trinajstić information content (AvgIpc) is 3.13. The number of nitrogens with one attached hydrogen (secondary N) is 2. The second kappa shape index (κ2) is 6.99. The molecule has 138 valence electrons. The van der Waals surface area contributed by atoms with E-state index in [9.17, 15) is 4.79 Å². The second-order valence-corrected chi connectivity index (χ2v) is 7.00. The van der Waals surface area contributed by atoms with Crippen molar-refractivity contribution in [1.82, 2.24) is 20.2 Å². The van der Waals surface area contributed by atoms with Crippen LogP contribution in [0.5, 0.6) is 17.6 Å². The van der Waals surface area contributed by atoms with Crippen molar-refractivity contribution >= 4 is 5.91 Å². The number of nitrogens with zero attached hydrogens (tertiary/aromatic N) is 2. The molecule has 2 aromatic rings. The molecule has 26 heavy (non-hydrogen) atoms. The highest BCUT2D eigenvalue weighted by atomic mass is 16.5. The van der Waals surface area contributed by atoms with E-state index in [1.54, 1.807) is 30.5 Å². The number of amides is 1. The highest BCUT2D eigenvalue weighted by molar-refractivity contribution is 5.94. The van der Waals surface area contributed by atoms with E-state index in [0.29, 0.717) is 35.2 Å². The Labute approximate surface area is 152 Å². The molecule has 2 N–H and O–H groups in total. The minimum atomic E-state index is -0.0228. The lowest BCUT2D eigenvalue weighted by molar-refractivity contribution is 0.0217. The maximum atomic E-state index is 12.6. The maximum absolute atomic E-state index is 12.6. The number of methoxy groups -OCH3 is 1. The van der Waals surface area contributed by atoms with Crippen LogP contribution in [0, 0.1) is 5.92 Å². The van der Waals surface area contributed by atoms with Crippen LogP contribution < -0.4 is 14.8 Å². The van der Waals surface area contributed by atoms with Crippen molar-refractivity contribution in [2.45, 2.75) is 31.8 Å². The van der Waals surface area contributed by atoms with Crippen LogP contribution in [0.1, 0.15) is 30.1 Å². The van der Waals surface area contributed by atoms with E-state index < -0.39 is 0 Å². The molecule has 0 saturated carbocycles. The molecule has 1 aromatic carbocycles. The summed E-state index contributed by atoms with van der Waals surface area (Å²) < 4.78 is 10.6. The minimum absolute atomic E-state index is 0.0228. The Morgan fingerprint density at radius 2 is 2.00 bits per heavy atom. The number of aromatic nitrogens is 2. The fraction of sp³-hybridized carbons (Fsp3) is 0.474. The average molecular weight is 356 g/mol. The number of hydrogen-bond acceptors (Lipinski definition) is 5. The molecule has 2 bridgehead atoms. The van der Waals surface area contributed by atoms with E-state index in [-0.39, 0.29) is 11.9 Å². The smallest absolute Gasteiger partial charge is 0.296 e. The molecule has 4 heterocycles. The molecule has 1 amide bonds. The molecule has 7 heteroatoms. The van der Waals surface area contributed by atoms with Gasteiger partial charge in [-0.05, 0) is 63.0 Å². The molecule has 1 aromatic heterocycles. The van der Waals surface area contributed by atoms with Gasteiger partial charge in [-0.15, -0.1) is 0 Å². The summed E-state index contributed by atoms with van der Waals surface area (Å²) in [5.41, 5.74) is 0.642. The van der Waals surface area contributed by atoms with Gasteiger partial charge in [-0.2, -0.15) is 4.98 Å². The van der Waals surface area contributed by atoms with Crippen molar-refractivity contribution in [2.24, 2.45) is 5.92 Å². The van der Waals surface area contributed by atoms with E-state index in [1.807, 2.05) is 0 Å². The van der Waals surface area contributed by atoms with Gasteiger partial charge in [0.25, 0.3) is 11.9 Å². The van der Waals surface area contributed by atoms with E-state index in [0.717, 1.165) is 13.1 Å². The summed E-state index contributed by atoms with van der Waals surface area (Å²) >= 11 is 0. The molecule has 7 nitrogen and oxygen atoms in total. The molecule has 3 saturated heterocycles. The zero-order valence-electron chi connectivity index (χ0n) is 15.1. The largest absolute Gasteiger partial charge is 0.468 e. The molecular weight excluding hydrogens is 332 g/mol. The Hall–Kier alpha value is -2.54. The SMILES string of the molecule is COc1ncc(Oc2ccc(C(=O)N[C@@H]3C4CCN(CC4)[C@H]3C)cc2)[nH]1. The van der Waals surface area contributed by atoms with Crippen molar-refractivity contribution in [1.29, 1.82) is 0 Å². The van der Waals surface area contributed by atoms with E-state index in [2.05, 4.69) is 27.1 Å². The molecule has 2 atom stereocenters. The van der Waals surface area contributed by atoms with Gasteiger partial charge < -0.3 is 14.8 Å². The van der Waals surface area contributed by atoms with Gasteiger partial charge in [-0.3, -0.25) is 14.7 Å². The Balaban J connectivity index is 1.39. The Morgan fingerprint density at radius 1 is 1.27 bits per heavy atom. The first-order valence-electron chi connectivity index (χ1n) is 9.06. The molecular formula is C19H24N4O3. The van der Waals surface area contributed by atoms with Crippen molar-refractivity contribution in [3.8, 4) is 17.6 Å².